The van der Waals surface area contributed by atoms with Gasteiger partial charge in [-0.25, -0.2) is 0 Å². The van der Waals surface area contributed by atoms with Crippen LogP contribution in [0.1, 0.15) is 56.6 Å². The van der Waals surface area contributed by atoms with Crippen LogP contribution >= 0.6 is 11.6 Å². The van der Waals surface area contributed by atoms with Gasteiger partial charge in [-0.15, -0.1) is 13.2 Å². The standard InChI is InChI=1S/C23H25ClF3NO6/c24-12-1-2-18-15(3-12)16(29)6-19(33-18)17(30)7-21-9-22(10-21,11-21)28-20(31)8-32-13-4-14(5-13)34-23(25,26)27/h1-3,13-14,16,19,29H,4-11H2,(H,28,31)/t13?,14?,16-,19+,21?,22?/m0/s1. The van der Waals surface area contributed by atoms with Gasteiger partial charge in [0.05, 0.1) is 18.3 Å². The van der Waals surface area contributed by atoms with Gasteiger partial charge in [-0.05, 0) is 42.9 Å². The number of aliphatic hydroxyl groups excluding tert-OH is 1. The maximum absolute atomic E-state index is 12.9. The lowest BCUT2D eigenvalue weighted by atomic mass is 9.38. The van der Waals surface area contributed by atoms with Crippen LogP contribution in [0.2, 0.25) is 5.02 Å². The number of nitrogens with one attached hydrogen (secondary N) is 1. The third-order valence-electron chi connectivity index (χ3n) is 7.29. The Kier molecular flexibility index (Phi) is 5.86. The Balaban J connectivity index is 1.03. The number of hydrogen-bond acceptors (Lipinski definition) is 6. The van der Waals surface area contributed by atoms with Crippen LogP contribution in [0.3, 0.4) is 0 Å². The highest BCUT2D eigenvalue weighted by Crippen LogP contribution is 2.69. The van der Waals surface area contributed by atoms with E-state index in [-0.39, 0.29) is 48.5 Å². The highest BCUT2D eigenvalue weighted by molar-refractivity contribution is 6.30. The first-order valence-electron chi connectivity index (χ1n) is 11.3. The molecule has 0 spiro atoms. The van der Waals surface area contributed by atoms with Crippen molar-refractivity contribution < 1.29 is 42.1 Å². The molecule has 11 heteroatoms. The van der Waals surface area contributed by atoms with Crippen molar-refractivity contribution in [1.29, 1.82) is 0 Å². The van der Waals surface area contributed by atoms with Crippen molar-refractivity contribution in [3.63, 3.8) is 0 Å². The summed E-state index contributed by atoms with van der Waals surface area (Å²) in [6.07, 6.45) is -4.75. The fraction of sp³-hybridized carbons (Fsp3) is 0.652. The first-order chi connectivity index (χ1) is 15.9. The van der Waals surface area contributed by atoms with E-state index in [1.807, 2.05) is 0 Å². The van der Waals surface area contributed by atoms with Gasteiger partial charge in [0.25, 0.3) is 0 Å². The predicted molar refractivity (Wildman–Crippen MR) is 112 cm³/mol. The smallest absolute Gasteiger partial charge is 0.482 e. The molecule has 0 radical (unpaired) electrons. The van der Waals surface area contributed by atoms with Crippen molar-refractivity contribution in [3.8, 4) is 5.75 Å². The third-order valence-corrected chi connectivity index (χ3v) is 7.53. The summed E-state index contributed by atoms with van der Waals surface area (Å²) in [4.78, 5) is 25.1. The van der Waals surface area contributed by atoms with E-state index in [1.54, 1.807) is 18.2 Å². The molecule has 5 aliphatic rings. The van der Waals surface area contributed by atoms with E-state index in [0.717, 1.165) is 0 Å². The van der Waals surface area contributed by atoms with Crippen LogP contribution in [0.15, 0.2) is 18.2 Å². The normalized spacial score (nSPS) is 35.7. The number of carbonyl (C=O) groups excluding carboxylic acids is 2. The Morgan fingerprint density at radius 1 is 1.18 bits per heavy atom. The summed E-state index contributed by atoms with van der Waals surface area (Å²) in [7, 11) is 0. The van der Waals surface area contributed by atoms with Gasteiger partial charge in [-0.2, -0.15) is 0 Å². The zero-order valence-electron chi connectivity index (χ0n) is 18.2. The first kappa shape index (κ1) is 23.8. The number of carbonyl (C=O) groups is 2. The lowest BCUT2D eigenvalue weighted by Gasteiger charge is -2.70. The average molecular weight is 504 g/mol. The Morgan fingerprint density at radius 2 is 1.88 bits per heavy atom. The van der Waals surface area contributed by atoms with Crippen molar-refractivity contribution >= 4 is 23.3 Å². The molecule has 4 saturated carbocycles. The molecule has 0 unspecified atom stereocenters. The van der Waals surface area contributed by atoms with Gasteiger partial charge in [-0.3, -0.25) is 14.3 Å². The highest BCUT2D eigenvalue weighted by Gasteiger charge is 2.68. The molecule has 2 bridgehead atoms. The molecule has 4 aliphatic carbocycles. The Bertz CT molecular complexity index is 976. The number of ether oxygens (including phenoxy) is 3. The second-order valence-electron chi connectivity index (χ2n) is 10.1. The maximum atomic E-state index is 12.9. The molecule has 1 amide bonds. The fourth-order valence-corrected chi connectivity index (χ4v) is 6.06. The molecule has 1 aliphatic heterocycles. The zero-order valence-corrected chi connectivity index (χ0v) is 19.0. The van der Waals surface area contributed by atoms with E-state index in [2.05, 4.69) is 10.1 Å². The molecule has 0 aromatic heterocycles. The molecule has 186 valence electrons. The Hall–Kier alpha value is -1.88. The lowest BCUT2D eigenvalue weighted by Crippen LogP contribution is -2.75. The topological polar surface area (TPSA) is 94.1 Å². The molecular formula is C23H25ClF3NO6. The second kappa shape index (κ2) is 8.36. The average Bonchev–Trinajstić information content (AvgIpc) is 2.66. The number of fused-ring (bicyclic) bond motifs is 1. The molecule has 6 rings (SSSR count). The van der Waals surface area contributed by atoms with Gasteiger partial charge in [0.1, 0.15) is 12.4 Å². The SMILES string of the molecule is O=C(COC1CC(OC(F)(F)F)C1)NC12CC(CC(=O)[C@H]3C[C@H](O)c4cc(Cl)ccc4O3)(C1)C2. The van der Waals surface area contributed by atoms with Crippen LogP contribution < -0.4 is 10.1 Å². The van der Waals surface area contributed by atoms with Gasteiger partial charge < -0.3 is 19.9 Å². The summed E-state index contributed by atoms with van der Waals surface area (Å²) in [5.41, 5.74) is 0.0883. The van der Waals surface area contributed by atoms with Crippen LogP contribution in [-0.4, -0.2) is 53.6 Å². The van der Waals surface area contributed by atoms with Crippen molar-refractivity contribution in [2.75, 3.05) is 6.61 Å². The number of halogens is 4. The number of amides is 1. The van der Waals surface area contributed by atoms with E-state index in [0.29, 0.717) is 42.0 Å². The number of hydrogen-bond donors (Lipinski definition) is 2. The quantitative estimate of drug-likeness (QED) is 0.563. The Labute approximate surface area is 198 Å². The minimum Gasteiger partial charge on any atom is -0.482 e. The number of rotatable bonds is 8. The summed E-state index contributed by atoms with van der Waals surface area (Å²) >= 11 is 5.97. The summed E-state index contributed by atoms with van der Waals surface area (Å²) in [5.74, 6) is 0.0858. The van der Waals surface area contributed by atoms with Crippen LogP contribution in [0, 0.1) is 5.41 Å². The maximum Gasteiger partial charge on any atom is 0.522 e. The molecule has 4 fully saturated rings. The monoisotopic (exact) mass is 503 g/mol. The number of Topliss-reactive ketones (excluding diaryl/α,β-unsaturated/α-hetero) is 1. The van der Waals surface area contributed by atoms with Crippen molar-refractivity contribution in [2.24, 2.45) is 5.41 Å². The number of aliphatic hydroxyl groups is 1. The molecule has 1 aromatic rings. The minimum atomic E-state index is -4.66. The predicted octanol–water partition coefficient (Wildman–Crippen LogP) is 3.61. The summed E-state index contributed by atoms with van der Waals surface area (Å²) in [6, 6.07) is 4.94. The molecule has 7 nitrogen and oxygen atoms in total. The van der Waals surface area contributed by atoms with E-state index in [9.17, 15) is 27.9 Å². The zero-order chi connectivity index (χ0) is 24.3. The summed E-state index contributed by atoms with van der Waals surface area (Å²) < 4.78 is 51.5. The molecule has 0 saturated heterocycles. The second-order valence-corrected chi connectivity index (χ2v) is 10.6. The molecule has 2 atom stereocenters. The molecular weight excluding hydrogens is 479 g/mol. The molecule has 2 N–H and O–H groups in total. The van der Waals surface area contributed by atoms with Crippen molar-refractivity contribution in [2.45, 2.75) is 81.3 Å². The van der Waals surface area contributed by atoms with E-state index >= 15 is 0 Å². The van der Waals surface area contributed by atoms with Crippen molar-refractivity contribution in [1.82, 2.24) is 5.32 Å². The first-order valence-corrected chi connectivity index (χ1v) is 11.7. The minimum absolute atomic E-state index is 0.0665. The van der Waals surface area contributed by atoms with Crippen LogP contribution in [0.4, 0.5) is 13.2 Å². The van der Waals surface area contributed by atoms with Gasteiger partial charge in [0, 0.05) is 41.8 Å². The van der Waals surface area contributed by atoms with E-state index < -0.39 is 30.8 Å². The van der Waals surface area contributed by atoms with Crippen LogP contribution in [0.25, 0.3) is 0 Å². The number of ketones is 1. The largest absolute Gasteiger partial charge is 0.522 e. The molecule has 34 heavy (non-hydrogen) atoms. The summed E-state index contributed by atoms with van der Waals surface area (Å²) in [5, 5.41) is 13.8. The van der Waals surface area contributed by atoms with Gasteiger partial charge in [0.2, 0.25) is 5.91 Å². The molecule has 1 heterocycles. The van der Waals surface area contributed by atoms with Gasteiger partial charge >= 0.3 is 6.36 Å². The van der Waals surface area contributed by atoms with Gasteiger partial charge in [-0.1, -0.05) is 11.6 Å². The number of alkyl halides is 3. The highest BCUT2D eigenvalue weighted by atomic mass is 35.5. The number of benzene rings is 1. The molecule has 1 aromatic carbocycles. The summed E-state index contributed by atoms with van der Waals surface area (Å²) in [6.45, 7) is -0.214. The van der Waals surface area contributed by atoms with Crippen molar-refractivity contribution in [3.05, 3.63) is 28.8 Å². The lowest BCUT2D eigenvalue weighted by molar-refractivity contribution is -0.357. The third kappa shape index (κ3) is 4.78. The fourth-order valence-electron chi connectivity index (χ4n) is 5.88. The van der Waals surface area contributed by atoms with E-state index in [1.165, 1.54) is 0 Å². The van der Waals surface area contributed by atoms with Crippen LogP contribution in [-0.2, 0) is 19.1 Å². The Morgan fingerprint density at radius 3 is 2.56 bits per heavy atom. The van der Waals surface area contributed by atoms with Gasteiger partial charge in [0.15, 0.2) is 11.9 Å². The van der Waals surface area contributed by atoms with E-state index in [4.69, 9.17) is 21.1 Å². The van der Waals surface area contributed by atoms with Crippen LogP contribution in [0.5, 0.6) is 5.75 Å².